The number of aromatic nitrogens is 2. The fraction of sp³-hybridized carbons (Fsp3) is 0.476. The van der Waals surface area contributed by atoms with Gasteiger partial charge in [0, 0.05) is 32.4 Å². The largest absolute Gasteiger partial charge is 0.489 e. The molecule has 156 valence electrons. The third-order valence-corrected chi connectivity index (χ3v) is 5.10. The number of ether oxygens (including phenoxy) is 1. The molecule has 2 heterocycles. The first-order chi connectivity index (χ1) is 14.0. The van der Waals surface area contributed by atoms with Gasteiger partial charge in [-0.15, -0.1) is 5.10 Å². The molecule has 1 fully saturated rings. The molecule has 0 radical (unpaired) electrons. The highest BCUT2D eigenvalue weighted by atomic mass is 19.1. The van der Waals surface area contributed by atoms with Crippen molar-refractivity contribution in [1.82, 2.24) is 20.0 Å². The quantitative estimate of drug-likeness (QED) is 0.641. The van der Waals surface area contributed by atoms with Crippen molar-refractivity contribution in [3.05, 3.63) is 48.4 Å². The van der Waals surface area contributed by atoms with Crippen LogP contribution in [-0.4, -0.2) is 78.8 Å². The molecule has 29 heavy (non-hydrogen) atoms. The monoisotopic (exact) mass is 401 g/mol. The number of halogens is 1. The lowest BCUT2D eigenvalue weighted by molar-refractivity contribution is -0.131. The number of rotatable bonds is 9. The van der Waals surface area contributed by atoms with Crippen molar-refractivity contribution < 1.29 is 13.9 Å². The van der Waals surface area contributed by atoms with E-state index < -0.39 is 5.82 Å². The predicted octanol–water partition coefficient (Wildman–Crippen LogP) is 2.05. The number of nitrogens with zero attached hydrogens (tertiary/aromatic N) is 5. The van der Waals surface area contributed by atoms with Crippen molar-refractivity contribution >= 4 is 11.7 Å². The Morgan fingerprint density at radius 2 is 2.10 bits per heavy atom. The molecule has 0 saturated carbocycles. The normalized spacial score (nSPS) is 16.3. The molecule has 1 atom stereocenters. The molecule has 1 amide bonds. The highest BCUT2D eigenvalue weighted by Crippen LogP contribution is 2.23. The topological polar surface area (TPSA) is 61.8 Å². The molecule has 1 aliphatic heterocycles. The third kappa shape index (κ3) is 5.87. The van der Waals surface area contributed by atoms with Gasteiger partial charge in [0.15, 0.2) is 17.4 Å². The Morgan fingerprint density at radius 3 is 2.86 bits per heavy atom. The Kier molecular flexibility index (Phi) is 7.35. The van der Waals surface area contributed by atoms with Gasteiger partial charge in [0.2, 0.25) is 5.91 Å². The fourth-order valence-corrected chi connectivity index (χ4v) is 3.53. The van der Waals surface area contributed by atoms with Gasteiger partial charge in [-0.05, 0) is 44.2 Å². The predicted molar refractivity (Wildman–Crippen MR) is 109 cm³/mol. The summed E-state index contributed by atoms with van der Waals surface area (Å²) in [4.78, 5) is 18.4. The van der Waals surface area contributed by atoms with Gasteiger partial charge in [-0.2, -0.15) is 5.10 Å². The smallest absolute Gasteiger partial charge is 0.236 e. The van der Waals surface area contributed by atoms with Crippen LogP contribution in [0.5, 0.6) is 5.75 Å². The molecule has 2 aromatic rings. The van der Waals surface area contributed by atoms with Crippen LogP contribution in [0.1, 0.15) is 12.8 Å². The van der Waals surface area contributed by atoms with Crippen molar-refractivity contribution in [2.75, 3.05) is 51.8 Å². The maximum Gasteiger partial charge on any atom is 0.236 e. The maximum absolute atomic E-state index is 13.6. The van der Waals surface area contributed by atoms with Crippen molar-refractivity contribution in [3.63, 3.8) is 0 Å². The summed E-state index contributed by atoms with van der Waals surface area (Å²) in [6, 6.07) is 10.4. The number of hydrogen-bond donors (Lipinski definition) is 0. The number of amides is 1. The number of para-hydroxylation sites is 1. The standard InChI is InChI=1S/C21H28FN5O2/c1-25(15-17-7-6-12-27(17)20-10-5-11-23-24-20)16-21(28)26(2)13-14-29-19-9-4-3-8-18(19)22/h3-5,8-11,17H,6-7,12-16H2,1-2H3. The summed E-state index contributed by atoms with van der Waals surface area (Å²) < 4.78 is 19.0. The molecule has 0 spiro atoms. The van der Waals surface area contributed by atoms with Gasteiger partial charge >= 0.3 is 0 Å². The number of benzene rings is 1. The third-order valence-electron chi connectivity index (χ3n) is 5.10. The van der Waals surface area contributed by atoms with E-state index in [0.717, 1.165) is 31.7 Å². The molecule has 1 unspecified atom stereocenters. The molecule has 1 saturated heterocycles. The first kappa shape index (κ1) is 21.0. The molecule has 0 N–H and O–H groups in total. The van der Waals surface area contributed by atoms with Crippen LogP contribution in [0.4, 0.5) is 10.2 Å². The fourth-order valence-electron chi connectivity index (χ4n) is 3.53. The first-order valence-corrected chi connectivity index (χ1v) is 9.89. The van der Waals surface area contributed by atoms with E-state index in [4.69, 9.17) is 4.74 Å². The van der Waals surface area contributed by atoms with Gasteiger partial charge in [-0.3, -0.25) is 9.69 Å². The van der Waals surface area contributed by atoms with Gasteiger partial charge in [0.05, 0.1) is 13.1 Å². The van der Waals surface area contributed by atoms with Gasteiger partial charge in [0.1, 0.15) is 6.61 Å². The molecule has 0 aliphatic carbocycles. The summed E-state index contributed by atoms with van der Waals surface area (Å²) in [6.45, 7) is 2.70. The van der Waals surface area contributed by atoms with E-state index >= 15 is 0 Å². The van der Waals surface area contributed by atoms with Crippen LogP contribution in [0.25, 0.3) is 0 Å². The zero-order chi connectivity index (χ0) is 20.6. The zero-order valence-corrected chi connectivity index (χ0v) is 17.0. The molecule has 1 aliphatic rings. The summed E-state index contributed by atoms with van der Waals surface area (Å²) in [7, 11) is 3.69. The van der Waals surface area contributed by atoms with Crippen LogP contribution in [0.2, 0.25) is 0 Å². The van der Waals surface area contributed by atoms with Gasteiger partial charge in [-0.1, -0.05) is 12.1 Å². The van der Waals surface area contributed by atoms with Crippen LogP contribution < -0.4 is 9.64 Å². The summed E-state index contributed by atoms with van der Waals surface area (Å²) in [5, 5.41) is 8.18. The second-order valence-electron chi connectivity index (χ2n) is 7.36. The maximum atomic E-state index is 13.6. The Balaban J connectivity index is 1.43. The Morgan fingerprint density at radius 1 is 1.28 bits per heavy atom. The van der Waals surface area contributed by atoms with Crippen molar-refractivity contribution in [1.29, 1.82) is 0 Å². The molecule has 1 aromatic carbocycles. The van der Waals surface area contributed by atoms with Crippen LogP contribution in [-0.2, 0) is 4.79 Å². The molecular weight excluding hydrogens is 373 g/mol. The van der Waals surface area contributed by atoms with Gasteiger partial charge < -0.3 is 14.5 Å². The molecule has 3 rings (SSSR count). The van der Waals surface area contributed by atoms with Crippen LogP contribution in [0.15, 0.2) is 42.6 Å². The zero-order valence-electron chi connectivity index (χ0n) is 17.0. The van der Waals surface area contributed by atoms with Gasteiger partial charge in [-0.25, -0.2) is 4.39 Å². The van der Waals surface area contributed by atoms with Crippen LogP contribution in [0.3, 0.4) is 0 Å². The van der Waals surface area contributed by atoms with Crippen molar-refractivity contribution in [2.45, 2.75) is 18.9 Å². The lowest BCUT2D eigenvalue weighted by atomic mass is 10.2. The highest BCUT2D eigenvalue weighted by Gasteiger charge is 2.27. The number of likely N-dealkylation sites (N-methyl/N-ethyl adjacent to an activating group) is 2. The lowest BCUT2D eigenvalue weighted by Crippen LogP contribution is -2.44. The van der Waals surface area contributed by atoms with Crippen molar-refractivity contribution in [3.8, 4) is 5.75 Å². The van der Waals surface area contributed by atoms with E-state index in [1.54, 1.807) is 36.3 Å². The summed E-state index contributed by atoms with van der Waals surface area (Å²) in [5.41, 5.74) is 0. The average molecular weight is 401 g/mol. The van der Waals surface area contributed by atoms with Crippen molar-refractivity contribution in [2.24, 2.45) is 0 Å². The van der Waals surface area contributed by atoms with Gasteiger partial charge in [0.25, 0.3) is 0 Å². The SMILES string of the molecule is CN(CC(=O)N(C)CCOc1ccccc1F)CC1CCCN1c1cccnn1. The first-order valence-electron chi connectivity index (χ1n) is 9.89. The summed E-state index contributed by atoms with van der Waals surface area (Å²) in [5.74, 6) is 0.701. The minimum atomic E-state index is -0.398. The molecule has 1 aromatic heterocycles. The Labute approximate surface area is 171 Å². The van der Waals surface area contributed by atoms with E-state index in [1.165, 1.54) is 6.07 Å². The Bertz CT molecular complexity index is 792. The van der Waals surface area contributed by atoms with Crippen LogP contribution >= 0.6 is 0 Å². The number of carbonyl (C=O) groups is 1. The number of anilines is 1. The van der Waals surface area contributed by atoms with E-state index in [1.807, 2.05) is 24.1 Å². The van der Waals surface area contributed by atoms with Crippen LogP contribution in [0, 0.1) is 5.82 Å². The Hall–Kier alpha value is -2.74. The second kappa shape index (κ2) is 10.2. The van der Waals surface area contributed by atoms with E-state index in [9.17, 15) is 9.18 Å². The lowest BCUT2D eigenvalue weighted by Gasteiger charge is -2.29. The minimum Gasteiger partial charge on any atom is -0.489 e. The minimum absolute atomic E-state index is 0.00804. The second-order valence-corrected chi connectivity index (χ2v) is 7.36. The molecular formula is C21H28FN5O2. The van der Waals surface area contributed by atoms with E-state index in [2.05, 4.69) is 15.1 Å². The van der Waals surface area contributed by atoms with E-state index in [-0.39, 0.29) is 18.3 Å². The molecule has 7 nitrogen and oxygen atoms in total. The van der Waals surface area contributed by atoms with E-state index in [0.29, 0.717) is 19.1 Å². The average Bonchev–Trinajstić information content (AvgIpc) is 3.17. The summed E-state index contributed by atoms with van der Waals surface area (Å²) in [6.07, 6.45) is 3.85. The number of carbonyl (C=O) groups excluding carboxylic acids is 1. The molecule has 0 bridgehead atoms. The summed E-state index contributed by atoms with van der Waals surface area (Å²) >= 11 is 0. The molecule has 8 heteroatoms. The highest BCUT2D eigenvalue weighted by molar-refractivity contribution is 5.77. The number of hydrogen-bond acceptors (Lipinski definition) is 6.